The highest BCUT2D eigenvalue weighted by Gasteiger charge is 2.21. The summed E-state index contributed by atoms with van der Waals surface area (Å²) in [5.74, 6) is 1.81. The first-order valence-corrected chi connectivity index (χ1v) is 9.26. The van der Waals surface area contributed by atoms with Crippen LogP contribution in [0.25, 0.3) is 0 Å². The van der Waals surface area contributed by atoms with E-state index in [4.69, 9.17) is 0 Å². The second-order valence-electron chi connectivity index (χ2n) is 7.07. The van der Waals surface area contributed by atoms with Crippen LogP contribution in [0, 0.1) is 11.8 Å². The highest BCUT2D eigenvalue weighted by atomic mass is 15.2. The molecule has 0 saturated carbocycles. The Balaban J connectivity index is 0.00000106. The molecule has 0 bridgehead atoms. The molecule has 2 saturated heterocycles. The SMILES string of the molecule is CC.CC(C)CN1CCC(CCN2CCN(C)CC2)CC1. The fraction of sp³-hybridized carbons (Fsp3) is 1.00. The van der Waals surface area contributed by atoms with Gasteiger partial charge < -0.3 is 14.7 Å². The monoisotopic (exact) mass is 297 g/mol. The maximum absolute atomic E-state index is 2.67. The molecule has 21 heavy (non-hydrogen) atoms. The first kappa shape index (κ1) is 18.9. The normalized spacial score (nSPS) is 23.1. The Morgan fingerprint density at radius 2 is 1.43 bits per heavy atom. The maximum atomic E-state index is 2.67. The largest absolute Gasteiger partial charge is 0.304 e. The van der Waals surface area contributed by atoms with Crippen molar-refractivity contribution in [1.29, 1.82) is 0 Å². The third kappa shape index (κ3) is 7.62. The minimum Gasteiger partial charge on any atom is -0.304 e. The Hall–Kier alpha value is -0.120. The third-order valence-electron chi connectivity index (χ3n) is 4.78. The van der Waals surface area contributed by atoms with Crippen LogP contribution in [0.4, 0.5) is 0 Å². The molecule has 0 aromatic rings. The summed E-state index contributed by atoms with van der Waals surface area (Å²) in [5.41, 5.74) is 0. The van der Waals surface area contributed by atoms with Crippen molar-refractivity contribution in [1.82, 2.24) is 14.7 Å². The number of likely N-dealkylation sites (N-methyl/N-ethyl adjacent to an activating group) is 1. The lowest BCUT2D eigenvalue weighted by atomic mass is 9.93. The van der Waals surface area contributed by atoms with Gasteiger partial charge in [-0.1, -0.05) is 27.7 Å². The fourth-order valence-corrected chi connectivity index (χ4v) is 3.41. The molecule has 2 rings (SSSR count). The smallest absolute Gasteiger partial charge is 0.0110 e. The van der Waals surface area contributed by atoms with E-state index in [1.807, 2.05) is 13.8 Å². The molecule has 2 aliphatic heterocycles. The first-order chi connectivity index (χ1) is 10.1. The number of rotatable bonds is 5. The Morgan fingerprint density at radius 1 is 0.857 bits per heavy atom. The summed E-state index contributed by atoms with van der Waals surface area (Å²) in [4.78, 5) is 7.78. The van der Waals surface area contributed by atoms with Crippen molar-refractivity contribution >= 4 is 0 Å². The molecular formula is C18H39N3. The van der Waals surface area contributed by atoms with E-state index in [0.717, 1.165) is 11.8 Å². The lowest BCUT2D eigenvalue weighted by molar-refractivity contribution is 0.126. The lowest BCUT2D eigenvalue weighted by Crippen LogP contribution is -2.45. The molecule has 0 atom stereocenters. The van der Waals surface area contributed by atoms with Gasteiger partial charge in [-0.05, 0) is 57.8 Å². The number of likely N-dealkylation sites (tertiary alicyclic amines) is 1. The van der Waals surface area contributed by atoms with Crippen LogP contribution in [0.1, 0.15) is 47.0 Å². The summed E-state index contributed by atoms with van der Waals surface area (Å²) >= 11 is 0. The van der Waals surface area contributed by atoms with Crippen LogP contribution in [0.15, 0.2) is 0 Å². The van der Waals surface area contributed by atoms with Gasteiger partial charge in [-0.25, -0.2) is 0 Å². The van der Waals surface area contributed by atoms with Crippen molar-refractivity contribution in [3.63, 3.8) is 0 Å². The van der Waals surface area contributed by atoms with Gasteiger partial charge in [0, 0.05) is 32.7 Å². The van der Waals surface area contributed by atoms with Crippen LogP contribution >= 0.6 is 0 Å². The number of hydrogen-bond donors (Lipinski definition) is 0. The Labute approximate surface area is 133 Å². The number of nitrogens with zero attached hydrogens (tertiary/aromatic N) is 3. The highest BCUT2D eigenvalue weighted by molar-refractivity contribution is 4.76. The molecule has 0 aliphatic carbocycles. The molecule has 0 N–H and O–H groups in total. The highest BCUT2D eigenvalue weighted by Crippen LogP contribution is 2.21. The molecule has 0 amide bonds. The molecule has 0 spiro atoms. The second kappa shape index (κ2) is 10.6. The Kier molecular flexibility index (Phi) is 9.54. The van der Waals surface area contributed by atoms with Gasteiger partial charge in [0.2, 0.25) is 0 Å². The quantitative estimate of drug-likeness (QED) is 0.772. The van der Waals surface area contributed by atoms with E-state index in [1.165, 1.54) is 71.6 Å². The molecule has 0 aromatic carbocycles. The molecule has 3 nitrogen and oxygen atoms in total. The van der Waals surface area contributed by atoms with Crippen LogP contribution in [0.5, 0.6) is 0 Å². The zero-order valence-corrected chi connectivity index (χ0v) is 15.3. The molecule has 2 fully saturated rings. The van der Waals surface area contributed by atoms with Gasteiger partial charge in [-0.15, -0.1) is 0 Å². The van der Waals surface area contributed by atoms with Crippen molar-refractivity contribution in [2.24, 2.45) is 11.8 Å². The molecule has 0 unspecified atom stereocenters. The third-order valence-corrected chi connectivity index (χ3v) is 4.78. The van der Waals surface area contributed by atoms with Crippen LogP contribution in [0.3, 0.4) is 0 Å². The van der Waals surface area contributed by atoms with Crippen molar-refractivity contribution in [3.8, 4) is 0 Å². The molecule has 2 heterocycles. The Bertz CT molecular complexity index is 239. The van der Waals surface area contributed by atoms with E-state index in [9.17, 15) is 0 Å². The molecule has 0 aromatic heterocycles. The fourth-order valence-electron chi connectivity index (χ4n) is 3.41. The number of piperazine rings is 1. The molecule has 3 heteroatoms. The topological polar surface area (TPSA) is 9.72 Å². The van der Waals surface area contributed by atoms with Crippen LogP contribution < -0.4 is 0 Å². The van der Waals surface area contributed by atoms with Crippen LogP contribution in [-0.2, 0) is 0 Å². The van der Waals surface area contributed by atoms with Crippen LogP contribution in [0.2, 0.25) is 0 Å². The predicted molar refractivity (Wildman–Crippen MR) is 93.9 cm³/mol. The van der Waals surface area contributed by atoms with Gasteiger partial charge in [-0.2, -0.15) is 0 Å². The second-order valence-corrected chi connectivity index (χ2v) is 7.07. The summed E-state index contributed by atoms with van der Waals surface area (Å²) in [6, 6.07) is 0. The van der Waals surface area contributed by atoms with Gasteiger partial charge in [0.05, 0.1) is 0 Å². The van der Waals surface area contributed by atoms with Crippen LogP contribution in [-0.4, -0.2) is 74.1 Å². The van der Waals surface area contributed by atoms with E-state index in [1.54, 1.807) is 0 Å². The predicted octanol–water partition coefficient (Wildman–Crippen LogP) is 3.02. The van der Waals surface area contributed by atoms with E-state index in [2.05, 4.69) is 35.6 Å². The van der Waals surface area contributed by atoms with Crippen molar-refractivity contribution in [2.75, 3.05) is 59.4 Å². The zero-order chi connectivity index (χ0) is 15.7. The molecule has 2 aliphatic rings. The van der Waals surface area contributed by atoms with Gasteiger partial charge in [0.15, 0.2) is 0 Å². The summed E-state index contributed by atoms with van der Waals surface area (Å²) < 4.78 is 0. The summed E-state index contributed by atoms with van der Waals surface area (Å²) in [7, 11) is 2.24. The average molecular weight is 298 g/mol. The maximum Gasteiger partial charge on any atom is 0.0110 e. The van der Waals surface area contributed by atoms with E-state index in [-0.39, 0.29) is 0 Å². The van der Waals surface area contributed by atoms with E-state index in [0.29, 0.717) is 0 Å². The average Bonchev–Trinajstić information content (AvgIpc) is 2.50. The first-order valence-electron chi connectivity index (χ1n) is 9.26. The zero-order valence-electron chi connectivity index (χ0n) is 15.3. The van der Waals surface area contributed by atoms with Crippen molar-refractivity contribution < 1.29 is 0 Å². The summed E-state index contributed by atoms with van der Waals surface area (Å²) in [6.45, 7) is 19.1. The van der Waals surface area contributed by atoms with Gasteiger partial charge in [-0.3, -0.25) is 0 Å². The lowest BCUT2D eigenvalue weighted by Gasteiger charge is -2.36. The van der Waals surface area contributed by atoms with Crippen molar-refractivity contribution in [3.05, 3.63) is 0 Å². The minimum absolute atomic E-state index is 0.821. The van der Waals surface area contributed by atoms with E-state index >= 15 is 0 Å². The van der Waals surface area contributed by atoms with Crippen molar-refractivity contribution in [2.45, 2.75) is 47.0 Å². The summed E-state index contributed by atoms with van der Waals surface area (Å²) in [5, 5.41) is 0. The van der Waals surface area contributed by atoms with Gasteiger partial charge >= 0.3 is 0 Å². The summed E-state index contributed by atoms with van der Waals surface area (Å²) in [6.07, 6.45) is 4.29. The standard InChI is InChI=1S/C16H33N3.C2H6/c1-15(2)14-19-8-5-16(6-9-19)4-7-18-12-10-17(3)11-13-18;1-2/h15-16H,4-14H2,1-3H3;1-2H3. The molecular weight excluding hydrogens is 258 g/mol. The number of hydrogen-bond acceptors (Lipinski definition) is 3. The number of piperidine rings is 1. The minimum atomic E-state index is 0.821. The van der Waals surface area contributed by atoms with Gasteiger partial charge in [0.1, 0.15) is 0 Å². The Morgan fingerprint density at radius 3 is 1.95 bits per heavy atom. The molecule has 126 valence electrons. The molecule has 0 radical (unpaired) electrons. The van der Waals surface area contributed by atoms with Gasteiger partial charge in [0.25, 0.3) is 0 Å². The van der Waals surface area contributed by atoms with E-state index < -0.39 is 0 Å².